The van der Waals surface area contributed by atoms with Crippen LogP contribution < -0.4 is 4.74 Å². The molecule has 0 N–H and O–H groups in total. The summed E-state index contributed by atoms with van der Waals surface area (Å²) in [5.41, 5.74) is 1.67. The van der Waals surface area contributed by atoms with Crippen molar-refractivity contribution in [1.82, 2.24) is 9.88 Å². The predicted molar refractivity (Wildman–Crippen MR) is 97.2 cm³/mol. The molecule has 25 heavy (non-hydrogen) atoms. The van der Waals surface area contributed by atoms with Gasteiger partial charge in [0.15, 0.2) is 0 Å². The molecule has 1 aromatic carbocycles. The largest absolute Gasteiger partial charge is 0.483 e. The lowest BCUT2D eigenvalue weighted by atomic mass is 9.91. The Labute approximate surface area is 148 Å². The van der Waals surface area contributed by atoms with Gasteiger partial charge in [0.05, 0.1) is 6.42 Å². The molecule has 0 bridgehead atoms. The standard InChI is InChI=1S/C21H22N2O2/c24-20(16-18-7-3-4-13-22-18)23-14-5-10-21(12-15-23)11-9-17-6-1-2-8-19(17)25-21/h1-4,6-9,11,13H,5,10,12,14-16H2. The summed E-state index contributed by atoms with van der Waals surface area (Å²) in [4.78, 5) is 18.8. The average Bonchev–Trinajstić information content (AvgIpc) is 2.85. The van der Waals surface area contributed by atoms with Crippen LogP contribution in [0.1, 0.15) is 30.5 Å². The van der Waals surface area contributed by atoms with Crippen molar-refractivity contribution in [2.45, 2.75) is 31.3 Å². The highest BCUT2D eigenvalue weighted by Gasteiger charge is 2.35. The zero-order chi connectivity index (χ0) is 17.1. The molecule has 1 aromatic heterocycles. The van der Waals surface area contributed by atoms with Crippen molar-refractivity contribution in [1.29, 1.82) is 0 Å². The van der Waals surface area contributed by atoms with Crippen molar-refractivity contribution in [3.63, 3.8) is 0 Å². The van der Waals surface area contributed by atoms with Crippen LogP contribution in [0, 0.1) is 0 Å². The maximum Gasteiger partial charge on any atom is 0.228 e. The zero-order valence-electron chi connectivity index (χ0n) is 14.2. The lowest BCUT2D eigenvalue weighted by molar-refractivity contribution is -0.130. The van der Waals surface area contributed by atoms with E-state index < -0.39 is 0 Å². The maximum atomic E-state index is 12.6. The van der Waals surface area contributed by atoms with E-state index in [4.69, 9.17) is 4.74 Å². The van der Waals surface area contributed by atoms with Gasteiger partial charge < -0.3 is 9.64 Å². The second kappa shape index (κ2) is 6.71. The summed E-state index contributed by atoms with van der Waals surface area (Å²) in [6.07, 6.45) is 9.15. The molecule has 0 saturated carbocycles. The van der Waals surface area contributed by atoms with Gasteiger partial charge in [-0.2, -0.15) is 0 Å². The molecule has 2 aliphatic heterocycles. The molecule has 1 unspecified atom stereocenters. The topological polar surface area (TPSA) is 42.4 Å². The normalized spacial score (nSPS) is 22.2. The third-order valence-corrected chi connectivity index (χ3v) is 5.04. The third kappa shape index (κ3) is 3.43. The average molecular weight is 334 g/mol. The summed E-state index contributed by atoms with van der Waals surface area (Å²) in [7, 11) is 0. The van der Waals surface area contributed by atoms with Gasteiger partial charge in [0.25, 0.3) is 0 Å². The van der Waals surface area contributed by atoms with Crippen LogP contribution in [0.3, 0.4) is 0 Å². The molecule has 1 amide bonds. The fourth-order valence-corrected chi connectivity index (χ4v) is 3.62. The number of rotatable bonds is 2. The number of hydrogen-bond acceptors (Lipinski definition) is 3. The first-order valence-electron chi connectivity index (χ1n) is 8.89. The van der Waals surface area contributed by atoms with Gasteiger partial charge in [-0.05, 0) is 37.1 Å². The van der Waals surface area contributed by atoms with E-state index >= 15 is 0 Å². The first-order valence-corrected chi connectivity index (χ1v) is 8.89. The van der Waals surface area contributed by atoms with E-state index in [0.29, 0.717) is 6.42 Å². The van der Waals surface area contributed by atoms with Crippen molar-refractivity contribution in [3.05, 3.63) is 66.0 Å². The lowest BCUT2D eigenvalue weighted by Gasteiger charge is -2.34. The van der Waals surface area contributed by atoms with Crippen LogP contribution in [0.25, 0.3) is 6.08 Å². The van der Waals surface area contributed by atoms with Crippen LogP contribution in [-0.2, 0) is 11.2 Å². The van der Waals surface area contributed by atoms with Crippen LogP contribution in [0.4, 0.5) is 0 Å². The van der Waals surface area contributed by atoms with Crippen molar-refractivity contribution in [3.8, 4) is 5.75 Å². The molecular weight excluding hydrogens is 312 g/mol. The predicted octanol–water partition coefficient (Wildman–Crippen LogP) is 3.48. The van der Waals surface area contributed by atoms with Crippen molar-refractivity contribution in [2.24, 2.45) is 0 Å². The van der Waals surface area contributed by atoms with Crippen LogP contribution in [0.5, 0.6) is 5.75 Å². The van der Waals surface area contributed by atoms with Gasteiger partial charge in [-0.25, -0.2) is 0 Å². The Balaban J connectivity index is 1.43. The SMILES string of the molecule is O=C(Cc1ccccn1)N1CCCC2(C=Cc3ccccc3O2)CC1. The van der Waals surface area contributed by atoms with E-state index in [1.54, 1.807) is 6.20 Å². The highest BCUT2D eigenvalue weighted by Crippen LogP contribution is 2.36. The Kier molecular flexibility index (Phi) is 4.26. The minimum atomic E-state index is -0.283. The van der Waals surface area contributed by atoms with E-state index in [1.165, 1.54) is 0 Å². The third-order valence-electron chi connectivity index (χ3n) is 5.04. The Morgan fingerprint density at radius 1 is 1.12 bits per heavy atom. The number of para-hydroxylation sites is 1. The summed E-state index contributed by atoms with van der Waals surface area (Å²) in [6, 6.07) is 13.8. The fraction of sp³-hybridized carbons (Fsp3) is 0.333. The number of ether oxygens (including phenoxy) is 1. The lowest BCUT2D eigenvalue weighted by Crippen LogP contribution is -2.38. The molecule has 1 saturated heterocycles. The molecule has 4 heteroatoms. The van der Waals surface area contributed by atoms with E-state index in [0.717, 1.165) is 49.4 Å². The van der Waals surface area contributed by atoms with Gasteiger partial charge >= 0.3 is 0 Å². The molecule has 128 valence electrons. The highest BCUT2D eigenvalue weighted by molar-refractivity contribution is 5.78. The molecule has 1 fully saturated rings. The Morgan fingerprint density at radius 3 is 2.88 bits per heavy atom. The summed E-state index contributed by atoms with van der Waals surface area (Å²) >= 11 is 0. The van der Waals surface area contributed by atoms with Crippen LogP contribution in [0.15, 0.2) is 54.7 Å². The number of fused-ring (bicyclic) bond motifs is 1. The number of carbonyl (C=O) groups is 1. The molecule has 3 heterocycles. The van der Waals surface area contributed by atoms with Crippen molar-refractivity contribution in [2.75, 3.05) is 13.1 Å². The van der Waals surface area contributed by atoms with E-state index in [2.05, 4.69) is 23.2 Å². The van der Waals surface area contributed by atoms with Gasteiger partial charge in [0.1, 0.15) is 11.4 Å². The number of hydrogen-bond donors (Lipinski definition) is 0. The second-order valence-electron chi connectivity index (χ2n) is 6.77. The van der Waals surface area contributed by atoms with Crippen molar-refractivity contribution >= 4 is 12.0 Å². The minimum Gasteiger partial charge on any atom is -0.483 e. The number of nitrogens with zero attached hydrogens (tertiary/aromatic N) is 2. The number of carbonyl (C=O) groups excluding carboxylic acids is 1. The van der Waals surface area contributed by atoms with Crippen LogP contribution >= 0.6 is 0 Å². The quantitative estimate of drug-likeness (QED) is 0.844. The van der Waals surface area contributed by atoms with Crippen LogP contribution in [-0.4, -0.2) is 34.5 Å². The van der Waals surface area contributed by atoms with E-state index in [1.807, 2.05) is 41.3 Å². The first kappa shape index (κ1) is 15.9. The molecular formula is C21H22N2O2. The van der Waals surface area contributed by atoms with E-state index in [-0.39, 0.29) is 11.5 Å². The van der Waals surface area contributed by atoms with Gasteiger partial charge in [-0.1, -0.05) is 30.3 Å². The fourth-order valence-electron chi connectivity index (χ4n) is 3.62. The second-order valence-corrected chi connectivity index (χ2v) is 6.77. The number of benzene rings is 1. The number of amides is 1. The number of aromatic nitrogens is 1. The molecule has 0 radical (unpaired) electrons. The Bertz CT molecular complexity index is 787. The molecule has 0 aliphatic carbocycles. The Hall–Kier alpha value is -2.62. The molecule has 1 spiro atoms. The van der Waals surface area contributed by atoms with E-state index in [9.17, 15) is 4.79 Å². The smallest absolute Gasteiger partial charge is 0.228 e. The number of pyridine rings is 1. The van der Waals surface area contributed by atoms with Gasteiger partial charge in [0.2, 0.25) is 5.91 Å². The van der Waals surface area contributed by atoms with Gasteiger partial charge in [-0.3, -0.25) is 9.78 Å². The minimum absolute atomic E-state index is 0.149. The van der Waals surface area contributed by atoms with Crippen LogP contribution in [0.2, 0.25) is 0 Å². The van der Waals surface area contributed by atoms with Gasteiger partial charge in [0, 0.05) is 37.0 Å². The molecule has 1 atom stereocenters. The summed E-state index contributed by atoms with van der Waals surface area (Å²) in [5.74, 6) is 1.09. The zero-order valence-corrected chi connectivity index (χ0v) is 14.2. The molecule has 2 aliphatic rings. The summed E-state index contributed by atoms with van der Waals surface area (Å²) in [5, 5.41) is 0. The van der Waals surface area contributed by atoms with Crippen molar-refractivity contribution < 1.29 is 9.53 Å². The molecule has 2 aromatic rings. The monoisotopic (exact) mass is 334 g/mol. The highest BCUT2D eigenvalue weighted by atomic mass is 16.5. The summed E-state index contributed by atoms with van der Waals surface area (Å²) < 4.78 is 6.35. The maximum absolute atomic E-state index is 12.6. The van der Waals surface area contributed by atoms with Gasteiger partial charge in [-0.15, -0.1) is 0 Å². The molecule has 4 rings (SSSR count). The summed E-state index contributed by atoms with van der Waals surface area (Å²) in [6.45, 7) is 1.50. The number of likely N-dealkylation sites (tertiary alicyclic amines) is 1. The first-order chi connectivity index (χ1) is 12.2. The molecule has 4 nitrogen and oxygen atoms in total. The Morgan fingerprint density at radius 2 is 2.00 bits per heavy atom.